The Balaban J connectivity index is 1.54. The Bertz CT molecular complexity index is 1250. The Morgan fingerprint density at radius 1 is 1.32 bits per heavy atom. The number of anilines is 1. The second kappa shape index (κ2) is 7.39. The molecule has 0 radical (unpaired) electrons. The molecule has 1 amide bonds. The van der Waals surface area contributed by atoms with E-state index >= 15 is 0 Å². The number of fused-ring (bicyclic) bond motifs is 1. The highest BCUT2D eigenvalue weighted by atomic mass is 32.1. The summed E-state index contributed by atoms with van der Waals surface area (Å²) in [6.45, 7) is 1.59. The van der Waals surface area contributed by atoms with Crippen molar-refractivity contribution in [2.45, 2.75) is 6.42 Å². The number of pyridine rings is 2. The first-order valence-corrected chi connectivity index (χ1v) is 10.4. The van der Waals surface area contributed by atoms with E-state index in [0.717, 1.165) is 18.7 Å². The van der Waals surface area contributed by atoms with Gasteiger partial charge in [0.25, 0.3) is 5.91 Å². The molecule has 160 valence electrons. The molecule has 5 heterocycles. The third-order valence-corrected chi connectivity index (χ3v) is 6.07. The Morgan fingerprint density at radius 2 is 2.13 bits per heavy atom. The fraction of sp³-hybridized carbons (Fsp3) is 0.316. The fourth-order valence-electron chi connectivity index (χ4n) is 3.70. The summed E-state index contributed by atoms with van der Waals surface area (Å²) in [6.07, 6.45) is 3.46. The zero-order valence-electron chi connectivity index (χ0n) is 16.0. The summed E-state index contributed by atoms with van der Waals surface area (Å²) in [7, 11) is 0. The fourth-order valence-corrected chi connectivity index (χ4v) is 4.32. The van der Waals surface area contributed by atoms with E-state index < -0.39 is 22.8 Å². The Morgan fingerprint density at radius 3 is 2.77 bits per heavy atom. The molecule has 2 saturated heterocycles. The van der Waals surface area contributed by atoms with Crippen LogP contribution in [0.4, 0.5) is 10.2 Å². The molecule has 0 aliphatic carbocycles. The van der Waals surface area contributed by atoms with E-state index in [2.05, 4.69) is 9.97 Å². The van der Waals surface area contributed by atoms with Crippen LogP contribution >= 0.6 is 11.3 Å². The maximum absolute atomic E-state index is 14.9. The molecular formula is C19H16FN5O5S. The molecule has 2 fully saturated rings. The smallest absolute Gasteiger partial charge is 0.341 e. The molecule has 0 saturated carbocycles. The van der Waals surface area contributed by atoms with Crippen molar-refractivity contribution in [1.82, 2.24) is 19.6 Å². The zero-order chi connectivity index (χ0) is 21.7. The minimum Gasteiger partial charge on any atom is -0.477 e. The number of carbonyl (C=O) groups is 2. The van der Waals surface area contributed by atoms with Crippen LogP contribution < -0.4 is 10.3 Å². The van der Waals surface area contributed by atoms with Crippen molar-refractivity contribution in [2.75, 3.05) is 31.1 Å². The molecule has 2 aliphatic heterocycles. The van der Waals surface area contributed by atoms with Crippen molar-refractivity contribution >= 4 is 40.1 Å². The summed E-state index contributed by atoms with van der Waals surface area (Å²) in [4.78, 5) is 51.9. The van der Waals surface area contributed by atoms with Crippen molar-refractivity contribution in [2.24, 2.45) is 5.92 Å². The lowest BCUT2D eigenvalue weighted by molar-refractivity contribution is -0.174. The average Bonchev–Trinajstić information content (AvgIpc) is 3.42. The predicted octanol–water partition coefficient (Wildman–Crippen LogP) is 1.28. The van der Waals surface area contributed by atoms with Crippen molar-refractivity contribution in [3.63, 3.8) is 0 Å². The van der Waals surface area contributed by atoms with Crippen LogP contribution in [0.5, 0.6) is 0 Å². The minimum atomic E-state index is -1.42. The van der Waals surface area contributed by atoms with Gasteiger partial charge in [-0.2, -0.15) is 0 Å². The van der Waals surface area contributed by atoms with Gasteiger partial charge in [0.15, 0.2) is 22.4 Å². The summed E-state index contributed by atoms with van der Waals surface area (Å²) in [6, 6.07) is 0.995. The van der Waals surface area contributed by atoms with Gasteiger partial charge in [-0.05, 0) is 12.5 Å². The Labute approximate surface area is 178 Å². The number of hydrogen-bond acceptors (Lipinski definition) is 8. The lowest BCUT2D eigenvalue weighted by atomic mass is 9.99. The quantitative estimate of drug-likeness (QED) is 0.638. The number of aromatic carboxylic acids is 1. The van der Waals surface area contributed by atoms with Crippen LogP contribution in [0.3, 0.4) is 0 Å². The third-order valence-electron chi connectivity index (χ3n) is 5.30. The third kappa shape index (κ3) is 3.24. The van der Waals surface area contributed by atoms with E-state index in [1.807, 2.05) is 0 Å². The highest BCUT2D eigenvalue weighted by Gasteiger charge is 2.39. The van der Waals surface area contributed by atoms with Gasteiger partial charge >= 0.3 is 5.97 Å². The lowest BCUT2D eigenvalue weighted by Gasteiger charge is -2.40. The monoisotopic (exact) mass is 445 g/mol. The van der Waals surface area contributed by atoms with Gasteiger partial charge in [0, 0.05) is 30.9 Å². The van der Waals surface area contributed by atoms with E-state index in [-0.39, 0.29) is 41.8 Å². The number of nitrogens with zero attached hydrogens (tertiary/aromatic N) is 5. The van der Waals surface area contributed by atoms with E-state index in [4.69, 9.17) is 4.84 Å². The van der Waals surface area contributed by atoms with Crippen LogP contribution in [0.15, 0.2) is 28.6 Å². The number of halogens is 1. The number of carbonyl (C=O) groups excluding carboxylic acids is 1. The number of amides is 1. The molecule has 10 nitrogen and oxygen atoms in total. The lowest BCUT2D eigenvalue weighted by Crippen LogP contribution is -2.54. The average molecular weight is 445 g/mol. The molecular weight excluding hydrogens is 429 g/mol. The van der Waals surface area contributed by atoms with Crippen molar-refractivity contribution < 1.29 is 23.9 Å². The van der Waals surface area contributed by atoms with E-state index in [0.29, 0.717) is 18.3 Å². The van der Waals surface area contributed by atoms with Crippen molar-refractivity contribution in [3.05, 3.63) is 45.4 Å². The van der Waals surface area contributed by atoms with Crippen LogP contribution in [0, 0.1) is 11.7 Å². The number of thiazole rings is 1. The van der Waals surface area contributed by atoms with E-state index in [9.17, 15) is 23.9 Å². The summed E-state index contributed by atoms with van der Waals surface area (Å²) in [5, 5.41) is 12.6. The second-order valence-corrected chi connectivity index (χ2v) is 8.13. The molecule has 3 aromatic rings. The predicted molar refractivity (Wildman–Crippen MR) is 108 cm³/mol. The first-order chi connectivity index (χ1) is 14.9. The first-order valence-electron chi connectivity index (χ1n) is 9.52. The number of rotatable bonds is 4. The molecule has 0 bridgehead atoms. The molecule has 0 aromatic carbocycles. The number of carboxylic acid groups (broad SMARTS) is 1. The van der Waals surface area contributed by atoms with Crippen LogP contribution in [0.2, 0.25) is 0 Å². The normalized spacial score (nSPS) is 16.7. The van der Waals surface area contributed by atoms with Gasteiger partial charge in [-0.15, -0.1) is 11.3 Å². The molecule has 0 unspecified atom stereocenters. The number of carboxylic acids is 1. The number of hydrogen-bond donors (Lipinski definition) is 1. The highest BCUT2D eigenvalue weighted by Crippen LogP contribution is 2.30. The van der Waals surface area contributed by atoms with Gasteiger partial charge < -0.3 is 10.0 Å². The molecule has 0 atom stereocenters. The van der Waals surface area contributed by atoms with Gasteiger partial charge in [0.05, 0.1) is 24.5 Å². The van der Waals surface area contributed by atoms with Gasteiger partial charge in [0.2, 0.25) is 5.43 Å². The van der Waals surface area contributed by atoms with Crippen molar-refractivity contribution in [1.29, 1.82) is 0 Å². The van der Waals surface area contributed by atoms with Gasteiger partial charge in [-0.25, -0.2) is 24.2 Å². The standard InChI is InChI=1S/C19H16FN5O5S/c20-13-6-11-14(26)12(18(28)29)9-24(19-21-2-5-31-19)15(11)22-16(13)23-7-10(8-23)17(27)25-3-1-4-30-25/h2,5-6,9-10H,1,3-4,7-8H2,(H,28,29). The largest absolute Gasteiger partial charge is 0.477 e. The summed E-state index contributed by atoms with van der Waals surface area (Å²) in [5.41, 5.74) is -1.23. The van der Waals surface area contributed by atoms with Crippen LogP contribution in [-0.2, 0) is 9.63 Å². The topological polar surface area (TPSA) is 118 Å². The Hall–Kier alpha value is -3.38. The van der Waals surface area contributed by atoms with Gasteiger partial charge in [-0.3, -0.25) is 19.0 Å². The zero-order valence-corrected chi connectivity index (χ0v) is 16.8. The number of aromatic nitrogens is 3. The SMILES string of the molecule is O=C(O)c1cn(-c2nccs2)c2nc(N3CC(C(=O)N4CCCO4)C3)c(F)cc2c1=O. The van der Waals surface area contributed by atoms with Gasteiger partial charge in [0.1, 0.15) is 5.56 Å². The van der Waals surface area contributed by atoms with Gasteiger partial charge in [-0.1, -0.05) is 0 Å². The molecule has 31 heavy (non-hydrogen) atoms. The molecule has 5 rings (SSSR count). The first kappa shape index (κ1) is 19.6. The van der Waals surface area contributed by atoms with Crippen LogP contribution in [0.1, 0.15) is 16.8 Å². The van der Waals surface area contributed by atoms with E-state index in [1.165, 1.54) is 27.2 Å². The summed E-state index contributed by atoms with van der Waals surface area (Å²) < 4.78 is 16.2. The second-order valence-electron chi connectivity index (χ2n) is 7.26. The Kier molecular flexibility index (Phi) is 4.67. The maximum Gasteiger partial charge on any atom is 0.341 e. The molecule has 12 heteroatoms. The molecule has 0 spiro atoms. The number of hydroxylamine groups is 2. The van der Waals surface area contributed by atoms with E-state index in [1.54, 1.807) is 10.3 Å². The molecule has 2 aliphatic rings. The molecule has 1 N–H and O–H groups in total. The van der Waals surface area contributed by atoms with Crippen LogP contribution in [0.25, 0.3) is 16.2 Å². The highest BCUT2D eigenvalue weighted by molar-refractivity contribution is 7.12. The maximum atomic E-state index is 14.9. The molecule has 3 aromatic heterocycles. The summed E-state index contributed by atoms with van der Waals surface area (Å²) in [5.74, 6) is -2.66. The van der Waals surface area contributed by atoms with Crippen molar-refractivity contribution in [3.8, 4) is 5.13 Å². The minimum absolute atomic E-state index is 0.00771. The van der Waals surface area contributed by atoms with Crippen LogP contribution in [-0.4, -0.2) is 62.8 Å². The summed E-state index contributed by atoms with van der Waals surface area (Å²) >= 11 is 1.22.